The second-order valence-electron chi connectivity index (χ2n) is 8.08. The minimum absolute atomic E-state index is 0.111. The zero-order chi connectivity index (χ0) is 15.5. The molecule has 3 heteroatoms. The third-order valence-corrected chi connectivity index (χ3v) is 6.28. The lowest BCUT2D eigenvalue weighted by Gasteiger charge is -2.40. The minimum atomic E-state index is -0.586. The molecule has 2 aliphatic carbocycles. The number of carbonyl (C=O) groups excluding carboxylic acids is 1. The highest BCUT2D eigenvalue weighted by atomic mass is 16.2. The molecule has 1 amide bonds. The van der Waals surface area contributed by atoms with E-state index in [0.717, 1.165) is 44.4 Å². The van der Waals surface area contributed by atoms with Gasteiger partial charge in [0.25, 0.3) is 0 Å². The Balaban J connectivity index is 1.82. The lowest BCUT2D eigenvalue weighted by atomic mass is 9.69. The highest BCUT2D eigenvalue weighted by Gasteiger charge is 2.38. The first-order valence-electron chi connectivity index (χ1n) is 8.97. The molecule has 3 nitrogen and oxygen atoms in total. The van der Waals surface area contributed by atoms with Gasteiger partial charge >= 0.3 is 0 Å². The van der Waals surface area contributed by atoms with Crippen LogP contribution in [-0.4, -0.2) is 17.5 Å². The zero-order valence-corrected chi connectivity index (χ0v) is 14.2. The first-order chi connectivity index (χ1) is 9.87. The fourth-order valence-corrected chi connectivity index (χ4v) is 4.05. The lowest BCUT2D eigenvalue weighted by Crippen LogP contribution is -2.57. The van der Waals surface area contributed by atoms with Crippen molar-refractivity contribution in [1.29, 1.82) is 0 Å². The van der Waals surface area contributed by atoms with Crippen LogP contribution >= 0.6 is 0 Å². The van der Waals surface area contributed by atoms with E-state index >= 15 is 0 Å². The predicted octanol–water partition coefficient (Wildman–Crippen LogP) is 3.76. The number of carbonyl (C=O) groups is 1. The molecule has 0 radical (unpaired) electrons. The van der Waals surface area contributed by atoms with E-state index in [4.69, 9.17) is 5.73 Å². The fourth-order valence-electron chi connectivity index (χ4n) is 4.05. The van der Waals surface area contributed by atoms with E-state index in [2.05, 4.69) is 26.1 Å². The Kier molecular flexibility index (Phi) is 5.34. The number of nitrogens with two attached hydrogens (primary N) is 1. The van der Waals surface area contributed by atoms with Crippen LogP contribution in [0.3, 0.4) is 0 Å². The largest absolute Gasteiger partial charge is 0.352 e. The van der Waals surface area contributed by atoms with Crippen LogP contribution in [-0.2, 0) is 4.79 Å². The third-order valence-electron chi connectivity index (χ3n) is 6.28. The van der Waals surface area contributed by atoms with Crippen LogP contribution in [0.5, 0.6) is 0 Å². The number of nitrogens with one attached hydrogen (secondary N) is 1. The van der Waals surface area contributed by atoms with Crippen LogP contribution in [0.1, 0.15) is 85.0 Å². The number of amides is 1. The van der Waals surface area contributed by atoms with E-state index in [1.165, 1.54) is 25.7 Å². The molecule has 0 saturated heterocycles. The maximum Gasteiger partial charge on any atom is 0.240 e. The van der Waals surface area contributed by atoms with Crippen LogP contribution in [0, 0.1) is 11.3 Å². The molecule has 0 aliphatic heterocycles. The molecular formula is C18H34N2O. The Morgan fingerprint density at radius 3 is 2.24 bits per heavy atom. The summed E-state index contributed by atoms with van der Waals surface area (Å²) in [5.41, 5.74) is 6.18. The summed E-state index contributed by atoms with van der Waals surface area (Å²) in [6.07, 6.45) is 11.1. The second-order valence-corrected chi connectivity index (χ2v) is 8.08. The molecule has 122 valence electrons. The standard InChI is InChI=1S/C18H34N2O/c1-4-17(2,3)14-8-10-15(11-9-14)20-16(21)18(19)12-6-5-7-13-18/h14-15H,4-13,19H2,1-3H3,(H,20,21). The van der Waals surface area contributed by atoms with Crippen molar-refractivity contribution >= 4 is 5.91 Å². The fraction of sp³-hybridized carbons (Fsp3) is 0.944. The number of hydrogen-bond acceptors (Lipinski definition) is 2. The molecule has 21 heavy (non-hydrogen) atoms. The van der Waals surface area contributed by atoms with Gasteiger partial charge < -0.3 is 11.1 Å². The maximum atomic E-state index is 12.5. The Morgan fingerprint density at radius 1 is 1.14 bits per heavy atom. The summed E-state index contributed by atoms with van der Waals surface area (Å²) < 4.78 is 0. The zero-order valence-electron chi connectivity index (χ0n) is 14.2. The molecule has 3 N–H and O–H groups in total. The first-order valence-corrected chi connectivity index (χ1v) is 8.97. The topological polar surface area (TPSA) is 55.1 Å². The molecule has 2 fully saturated rings. The average molecular weight is 294 g/mol. The van der Waals surface area contributed by atoms with Gasteiger partial charge in [-0.15, -0.1) is 0 Å². The van der Waals surface area contributed by atoms with Crippen LogP contribution in [0.4, 0.5) is 0 Å². The van der Waals surface area contributed by atoms with Crippen molar-refractivity contribution in [3.05, 3.63) is 0 Å². The highest BCUT2D eigenvalue weighted by molar-refractivity contribution is 5.86. The molecule has 0 aromatic carbocycles. The van der Waals surface area contributed by atoms with Crippen LogP contribution in [0.15, 0.2) is 0 Å². The molecule has 2 saturated carbocycles. The van der Waals surface area contributed by atoms with Gasteiger partial charge in [0.05, 0.1) is 5.54 Å². The van der Waals surface area contributed by atoms with Gasteiger partial charge in [-0.3, -0.25) is 4.79 Å². The summed E-state index contributed by atoms with van der Waals surface area (Å²) in [6.45, 7) is 7.05. The normalized spacial score (nSPS) is 29.9. The predicted molar refractivity (Wildman–Crippen MR) is 88.0 cm³/mol. The molecule has 0 atom stereocenters. The summed E-state index contributed by atoms with van der Waals surface area (Å²) in [5, 5.41) is 3.26. The van der Waals surface area contributed by atoms with E-state index in [9.17, 15) is 4.79 Å². The SMILES string of the molecule is CCC(C)(C)C1CCC(NC(=O)C2(N)CCCCC2)CC1. The number of hydrogen-bond donors (Lipinski definition) is 2. The van der Waals surface area contributed by atoms with Gasteiger partial charge in [-0.05, 0) is 49.9 Å². The van der Waals surface area contributed by atoms with Crippen LogP contribution < -0.4 is 11.1 Å². The van der Waals surface area contributed by atoms with Gasteiger partial charge in [-0.1, -0.05) is 46.5 Å². The maximum absolute atomic E-state index is 12.5. The van der Waals surface area contributed by atoms with Gasteiger partial charge in [0.2, 0.25) is 5.91 Å². The molecule has 0 unspecified atom stereocenters. The van der Waals surface area contributed by atoms with Gasteiger partial charge in [0.15, 0.2) is 0 Å². The van der Waals surface area contributed by atoms with Crippen LogP contribution in [0.2, 0.25) is 0 Å². The smallest absolute Gasteiger partial charge is 0.240 e. The Bertz CT molecular complexity index is 350. The van der Waals surface area contributed by atoms with Crippen molar-refractivity contribution in [3.8, 4) is 0 Å². The molecule has 0 spiro atoms. The van der Waals surface area contributed by atoms with Gasteiger partial charge in [-0.25, -0.2) is 0 Å². The van der Waals surface area contributed by atoms with Crippen molar-refractivity contribution in [2.75, 3.05) is 0 Å². The van der Waals surface area contributed by atoms with Crippen molar-refractivity contribution in [2.24, 2.45) is 17.1 Å². The van der Waals surface area contributed by atoms with Crippen molar-refractivity contribution in [2.45, 2.75) is 96.6 Å². The molecule has 2 aliphatic rings. The van der Waals surface area contributed by atoms with E-state index in [1.807, 2.05) is 0 Å². The average Bonchev–Trinajstić information content (AvgIpc) is 2.48. The van der Waals surface area contributed by atoms with Gasteiger partial charge in [0.1, 0.15) is 0 Å². The van der Waals surface area contributed by atoms with Crippen molar-refractivity contribution < 1.29 is 4.79 Å². The second kappa shape index (κ2) is 6.68. The monoisotopic (exact) mass is 294 g/mol. The van der Waals surface area contributed by atoms with Gasteiger partial charge in [-0.2, -0.15) is 0 Å². The molecule has 2 rings (SSSR count). The Morgan fingerprint density at radius 2 is 1.71 bits per heavy atom. The summed E-state index contributed by atoms with van der Waals surface area (Å²) in [5.74, 6) is 0.914. The molecule has 0 aromatic heterocycles. The lowest BCUT2D eigenvalue weighted by molar-refractivity contribution is -0.128. The van der Waals surface area contributed by atoms with E-state index in [-0.39, 0.29) is 5.91 Å². The van der Waals surface area contributed by atoms with E-state index < -0.39 is 5.54 Å². The number of rotatable bonds is 4. The van der Waals surface area contributed by atoms with Gasteiger partial charge in [0, 0.05) is 6.04 Å². The Labute approximate surface area is 130 Å². The summed E-state index contributed by atoms with van der Waals surface area (Å²) in [6, 6.07) is 0.351. The summed E-state index contributed by atoms with van der Waals surface area (Å²) in [7, 11) is 0. The molecule has 0 bridgehead atoms. The van der Waals surface area contributed by atoms with E-state index in [1.54, 1.807) is 0 Å². The van der Waals surface area contributed by atoms with Crippen molar-refractivity contribution in [3.63, 3.8) is 0 Å². The van der Waals surface area contributed by atoms with Crippen LogP contribution in [0.25, 0.3) is 0 Å². The first kappa shape index (κ1) is 16.8. The third kappa shape index (κ3) is 4.00. The van der Waals surface area contributed by atoms with Crippen molar-refractivity contribution in [1.82, 2.24) is 5.32 Å². The Hall–Kier alpha value is -0.570. The highest BCUT2D eigenvalue weighted by Crippen LogP contribution is 2.40. The quantitative estimate of drug-likeness (QED) is 0.829. The summed E-state index contributed by atoms with van der Waals surface area (Å²) >= 11 is 0. The molecule has 0 aromatic rings. The summed E-state index contributed by atoms with van der Waals surface area (Å²) in [4.78, 5) is 12.5. The minimum Gasteiger partial charge on any atom is -0.352 e. The molecular weight excluding hydrogens is 260 g/mol. The van der Waals surface area contributed by atoms with E-state index in [0.29, 0.717) is 11.5 Å². The molecule has 0 heterocycles.